The summed E-state index contributed by atoms with van der Waals surface area (Å²) in [5.41, 5.74) is 0.989. The quantitative estimate of drug-likeness (QED) is 0.597. The zero-order chi connectivity index (χ0) is 15.9. The van der Waals surface area contributed by atoms with Gasteiger partial charge in [-0.15, -0.1) is 0 Å². The monoisotopic (exact) mass is 321 g/mol. The van der Waals surface area contributed by atoms with E-state index in [1.54, 1.807) is 23.7 Å². The first-order valence-electron chi connectivity index (χ1n) is 7.70. The second kappa shape index (κ2) is 8.22. The Morgan fingerprint density at radius 2 is 2.09 bits per heavy atom. The Morgan fingerprint density at radius 1 is 1.36 bits per heavy atom. The predicted molar refractivity (Wildman–Crippen MR) is 88.6 cm³/mol. The van der Waals surface area contributed by atoms with Gasteiger partial charge in [-0.2, -0.15) is 11.8 Å². The highest BCUT2D eigenvalue weighted by Gasteiger charge is 2.39. The van der Waals surface area contributed by atoms with E-state index < -0.39 is 0 Å². The first kappa shape index (κ1) is 16.9. The number of thioether (sulfide) groups is 1. The molecule has 2 rings (SSSR count). The lowest BCUT2D eigenvalue weighted by molar-refractivity contribution is -0.155. The van der Waals surface area contributed by atoms with Crippen LogP contribution < -0.4 is 0 Å². The minimum absolute atomic E-state index is 0.0828. The Kier molecular flexibility index (Phi) is 6.31. The lowest BCUT2D eigenvalue weighted by Gasteiger charge is -2.38. The third-order valence-corrected chi connectivity index (χ3v) is 4.84. The van der Waals surface area contributed by atoms with Gasteiger partial charge in [-0.3, -0.25) is 9.59 Å². The Hall–Kier alpha value is -1.49. The maximum Gasteiger partial charge on any atom is 0.311 e. The van der Waals surface area contributed by atoms with Crippen molar-refractivity contribution in [1.29, 1.82) is 0 Å². The summed E-state index contributed by atoms with van der Waals surface area (Å²) in [4.78, 5) is 26.1. The van der Waals surface area contributed by atoms with Gasteiger partial charge in [0.2, 0.25) is 5.91 Å². The first-order chi connectivity index (χ1) is 10.6. The Balaban J connectivity index is 2.10. The Bertz CT molecular complexity index is 506. The van der Waals surface area contributed by atoms with E-state index in [-0.39, 0.29) is 23.8 Å². The molecule has 1 fully saturated rings. The van der Waals surface area contributed by atoms with E-state index in [1.807, 2.05) is 30.3 Å². The maximum atomic E-state index is 12.4. The molecule has 1 aromatic rings. The number of rotatable bonds is 6. The van der Waals surface area contributed by atoms with E-state index in [4.69, 9.17) is 4.74 Å². The maximum absolute atomic E-state index is 12.4. The number of hydrogen-bond acceptors (Lipinski definition) is 4. The summed E-state index contributed by atoms with van der Waals surface area (Å²) >= 11 is 1.75. The van der Waals surface area contributed by atoms with Gasteiger partial charge in [0.25, 0.3) is 0 Å². The molecule has 0 N–H and O–H groups in total. The second-order valence-corrected chi connectivity index (χ2v) is 6.76. The van der Waals surface area contributed by atoms with E-state index >= 15 is 0 Å². The molecule has 0 unspecified atom stereocenters. The fourth-order valence-corrected chi connectivity index (χ4v) is 3.33. The van der Waals surface area contributed by atoms with Gasteiger partial charge in [-0.1, -0.05) is 37.3 Å². The zero-order valence-corrected chi connectivity index (χ0v) is 14.0. The van der Waals surface area contributed by atoms with Crippen molar-refractivity contribution < 1.29 is 14.3 Å². The van der Waals surface area contributed by atoms with Crippen LogP contribution in [0.3, 0.4) is 0 Å². The molecular formula is C17H23NO3S. The molecule has 0 spiro atoms. The molecule has 0 aromatic heterocycles. The molecule has 1 amide bonds. The number of amides is 1. The van der Waals surface area contributed by atoms with E-state index in [2.05, 4.69) is 6.92 Å². The Morgan fingerprint density at radius 3 is 2.77 bits per heavy atom. The van der Waals surface area contributed by atoms with Crippen LogP contribution in [0.25, 0.3) is 0 Å². The van der Waals surface area contributed by atoms with E-state index in [0.717, 1.165) is 17.1 Å². The zero-order valence-electron chi connectivity index (χ0n) is 13.2. The number of carbonyl (C=O) groups is 2. The van der Waals surface area contributed by atoms with Gasteiger partial charge in [0, 0.05) is 19.2 Å². The lowest BCUT2D eigenvalue weighted by atomic mass is 9.84. The fraction of sp³-hybridized carbons (Fsp3) is 0.529. The van der Waals surface area contributed by atoms with Gasteiger partial charge < -0.3 is 9.64 Å². The number of piperidine rings is 1. The van der Waals surface area contributed by atoms with Crippen LogP contribution in [0.1, 0.15) is 31.4 Å². The topological polar surface area (TPSA) is 46.6 Å². The van der Waals surface area contributed by atoms with Gasteiger partial charge in [0.1, 0.15) is 6.61 Å². The standard InChI is InChI=1S/C17H23NO3S/c1-3-22-12-11-21-17(20)14-9-10-15(19)18(2)16(14)13-7-5-4-6-8-13/h4-8,14,16H,3,9-12H2,1-2H3/t14-,16-/m0/s1. The fourth-order valence-electron chi connectivity index (χ4n) is 2.84. The van der Waals surface area contributed by atoms with E-state index in [0.29, 0.717) is 19.4 Å². The van der Waals surface area contributed by atoms with E-state index in [9.17, 15) is 9.59 Å². The minimum atomic E-state index is -0.281. The van der Waals surface area contributed by atoms with Crippen LogP contribution in [-0.4, -0.2) is 41.9 Å². The normalized spacial score (nSPS) is 21.7. The number of benzene rings is 1. The summed E-state index contributed by atoms with van der Waals surface area (Å²) in [5, 5.41) is 0. The van der Waals surface area contributed by atoms with Gasteiger partial charge >= 0.3 is 5.97 Å². The van der Waals surface area contributed by atoms with Crippen LogP contribution in [0.4, 0.5) is 0 Å². The first-order valence-corrected chi connectivity index (χ1v) is 8.85. The van der Waals surface area contributed by atoms with Crippen molar-refractivity contribution in [3.63, 3.8) is 0 Å². The number of likely N-dealkylation sites (tertiary alicyclic amines) is 1. The minimum Gasteiger partial charge on any atom is -0.465 e. The van der Waals surface area contributed by atoms with Crippen molar-refractivity contribution in [3.05, 3.63) is 35.9 Å². The van der Waals surface area contributed by atoms with E-state index in [1.165, 1.54) is 0 Å². The molecule has 0 bridgehead atoms. The van der Waals surface area contributed by atoms with Crippen molar-refractivity contribution in [3.8, 4) is 0 Å². The van der Waals surface area contributed by atoms with Crippen LogP contribution in [0.2, 0.25) is 0 Å². The highest BCUT2D eigenvalue weighted by atomic mass is 32.2. The summed E-state index contributed by atoms with van der Waals surface area (Å²) in [6.45, 7) is 2.52. The molecule has 1 aliphatic rings. The summed E-state index contributed by atoms with van der Waals surface area (Å²) in [7, 11) is 1.77. The molecule has 0 aliphatic carbocycles. The third-order valence-electron chi connectivity index (χ3n) is 3.98. The third kappa shape index (κ3) is 4.03. The molecule has 2 atom stereocenters. The van der Waals surface area contributed by atoms with Crippen molar-refractivity contribution in [2.24, 2.45) is 5.92 Å². The van der Waals surface area contributed by atoms with Gasteiger partial charge in [-0.25, -0.2) is 0 Å². The molecule has 0 saturated carbocycles. The summed E-state index contributed by atoms with van der Waals surface area (Å²) < 4.78 is 5.42. The molecule has 1 aromatic carbocycles. The van der Waals surface area contributed by atoms with Crippen LogP contribution in [0.5, 0.6) is 0 Å². The van der Waals surface area contributed by atoms with Crippen molar-refractivity contribution >= 4 is 23.6 Å². The molecule has 1 aliphatic heterocycles. The summed E-state index contributed by atoms with van der Waals surface area (Å²) in [5.74, 6) is 1.45. The van der Waals surface area contributed by atoms with Crippen LogP contribution in [-0.2, 0) is 14.3 Å². The molecule has 120 valence electrons. The molecule has 5 heteroatoms. The van der Waals surface area contributed by atoms with Crippen molar-refractivity contribution in [2.45, 2.75) is 25.8 Å². The average Bonchev–Trinajstić information content (AvgIpc) is 2.54. The molecule has 1 heterocycles. The number of nitrogens with zero attached hydrogens (tertiary/aromatic N) is 1. The predicted octanol–water partition coefficient (Wildman–Crippen LogP) is 2.89. The molecular weight excluding hydrogens is 298 g/mol. The van der Waals surface area contributed by atoms with Crippen LogP contribution in [0, 0.1) is 5.92 Å². The van der Waals surface area contributed by atoms with Gasteiger partial charge in [-0.05, 0) is 17.7 Å². The number of esters is 1. The van der Waals surface area contributed by atoms with Crippen LogP contribution >= 0.6 is 11.8 Å². The van der Waals surface area contributed by atoms with Gasteiger partial charge in [0.05, 0.1) is 12.0 Å². The number of ether oxygens (including phenoxy) is 1. The number of carbonyl (C=O) groups excluding carboxylic acids is 2. The average molecular weight is 321 g/mol. The smallest absolute Gasteiger partial charge is 0.311 e. The molecule has 0 radical (unpaired) electrons. The highest BCUT2D eigenvalue weighted by Crippen LogP contribution is 2.36. The van der Waals surface area contributed by atoms with Gasteiger partial charge in [0.15, 0.2) is 0 Å². The molecule has 1 saturated heterocycles. The lowest BCUT2D eigenvalue weighted by Crippen LogP contribution is -2.43. The van der Waals surface area contributed by atoms with Crippen molar-refractivity contribution in [1.82, 2.24) is 4.90 Å². The Labute approximate surface area is 136 Å². The largest absolute Gasteiger partial charge is 0.465 e. The van der Waals surface area contributed by atoms with Crippen molar-refractivity contribution in [2.75, 3.05) is 25.2 Å². The van der Waals surface area contributed by atoms with Crippen LogP contribution in [0.15, 0.2) is 30.3 Å². The highest BCUT2D eigenvalue weighted by molar-refractivity contribution is 7.99. The summed E-state index contributed by atoms with van der Waals surface area (Å²) in [6, 6.07) is 9.50. The SMILES string of the molecule is CCSCCOC(=O)[C@H]1CCC(=O)N(C)[C@H]1c1ccccc1. The number of hydrogen-bond donors (Lipinski definition) is 0. The molecule has 4 nitrogen and oxygen atoms in total. The summed E-state index contributed by atoms with van der Waals surface area (Å²) in [6.07, 6.45) is 0.964. The second-order valence-electron chi connectivity index (χ2n) is 5.37. The molecule has 22 heavy (non-hydrogen) atoms.